The Morgan fingerprint density at radius 3 is 2.58 bits per heavy atom. The van der Waals surface area contributed by atoms with Gasteiger partial charge in [-0.15, -0.1) is 0 Å². The molecule has 0 saturated carbocycles. The van der Waals surface area contributed by atoms with E-state index in [9.17, 15) is 18.0 Å². The van der Waals surface area contributed by atoms with Crippen molar-refractivity contribution in [2.24, 2.45) is 0 Å². The van der Waals surface area contributed by atoms with Crippen LogP contribution >= 0.6 is 0 Å². The molecule has 0 atom stereocenters. The molecule has 0 spiro atoms. The first-order valence-corrected chi connectivity index (χ1v) is 5.23. The highest BCUT2D eigenvalue weighted by Gasteiger charge is 2.34. The first-order valence-electron chi connectivity index (χ1n) is 5.23. The molecule has 7 heteroatoms. The van der Waals surface area contributed by atoms with Crippen LogP contribution in [0.15, 0.2) is 30.5 Å². The van der Waals surface area contributed by atoms with Gasteiger partial charge in [0.1, 0.15) is 0 Å². The van der Waals surface area contributed by atoms with Crippen LogP contribution in [0.25, 0.3) is 11.3 Å². The van der Waals surface area contributed by atoms with Gasteiger partial charge in [0.15, 0.2) is 0 Å². The third kappa shape index (κ3) is 2.59. The predicted octanol–water partition coefficient (Wildman–Crippen LogP) is 2.88. The molecule has 2 rings (SSSR count). The van der Waals surface area contributed by atoms with E-state index in [0.717, 1.165) is 25.3 Å². The Labute approximate surface area is 106 Å². The number of nitrogens with one attached hydrogen (secondary N) is 1. The molecule has 0 bridgehead atoms. The second-order valence-electron chi connectivity index (χ2n) is 3.72. The van der Waals surface area contributed by atoms with Crippen LogP contribution in [0.3, 0.4) is 0 Å². The summed E-state index contributed by atoms with van der Waals surface area (Å²) in [5, 5.41) is 6.06. The lowest BCUT2D eigenvalue weighted by Crippen LogP contribution is -2.09. The number of rotatable bonds is 2. The summed E-state index contributed by atoms with van der Waals surface area (Å²) in [4.78, 5) is 11.4. The maximum absolute atomic E-state index is 12.9. The van der Waals surface area contributed by atoms with Crippen molar-refractivity contribution in [1.29, 1.82) is 0 Å². The Morgan fingerprint density at radius 1 is 1.32 bits per heavy atom. The molecule has 0 aliphatic carbocycles. The lowest BCUT2D eigenvalue weighted by molar-refractivity contribution is -0.137. The summed E-state index contributed by atoms with van der Waals surface area (Å²) in [5.74, 6) is -0.700. The van der Waals surface area contributed by atoms with Gasteiger partial charge in [0.05, 0.1) is 23.9 Å². The van der Waals surface area contributed by atoms with Crippen LogP contribution in [0.1, 0.15) is 15.9 Å². The maximum atomic E-state index is 12.9. The molecule has 1 aromatic heterocycles. The van der Waals surface area contributed by atoms with Crippen molar-refractivity contribution < 1.29 is 22.7 Å². The average molecular weight is 270 g/mol. The van der Waals surface area contributed by atoms with Crippen molar-refractivity contribution in [3.8, 4) is 11.3 Å². The lowest BCUT2D eigenvalue weighted by Gasteiger charge is -2.12. The molecule has 2 aromatic rings. The summed E-state index contributed by atoms with van der Waals surface area (Å²) in [5.41, 5.74) is -0.768. The van der Waals surface area contributed by atoms with Gasteiger partial charge >= 0.3 is 12.1 Å². The highest BCUT2D eigenvalue weighted by atomic mass is 19.4. The van der Waals surface area contributed by atoms with Gasteiger partial charge in [-0.25, -0.2) is 4.79 Å². The second-order valence-corrected chi connectivity index (χ2v) is 3.72. The van der Waals surface area contributed by atoms with E-state index in [-0.39, 0.29) is 16.8 Å². The minimum Gasteiger partial charge on any atom is -0.465 e. The molecule has 0 radical (unpaired) electrons. The van der Waals surface area contributed by atoms with Crippen LogP contribution < -0.4 is 0 Å². The Hall–Kier alpha value is -2.31. The highest BCUT2D eigenvalue weighted by Crippen LogP contribution is 2.36. The Bertz CT molecular complexity index is 592. The molecule has 1 heterocycles. The standard InChI is InChI=1S/C12H9F3N2O2/c1-19-11(18)7-2-3-9(12(13,14)15)8(6-7)10-4-5-16-17-10/h2-6H,1H3,(H,16,17). The zero-order valence-electron chi connectivity index (χ0n) is 9.78. The molecule has 100 valence electrons. The van der Waals surface area contributed by atoms with E-state index in [1.54, 1.807) is 0 Å². The van der Waals surface area contributed by atoms with E-state index >= 15 is 0 Å². The number of carbonyl (C=O) groups is 1. The van der Waals surface area contributed by atoms with Gasteiger partial charge in [0.25, 0.3) is 0 Å². The molecule has 0 amide bonds. The monoisotopic (exact) mass is 270 g/mol. The maximum Gasteiger partial charge on any atom is 0.417 e. The summed E-state index contributed by atoms with van der Waals surface area (Å²) < 4.78 is 43.2. The van der Waals surface area contributed by atoms with Gasteiger partial charge in [0, 0.05) is 11.8 Å². The van der Waals surface area contributed by atoms with Gasteiger partial charge in [-0.2, -0.15) is 18.3 Å². The molecule has 1 N–H and O–H groups in total. The summed E-state index contributed by atoms with van der Waals surface area (Å²) >= 11 is 0. The molecular weight excluding hydrogens is 261 g/mol. The number of carbonyl (C=O) groups excluding carboxylic acids is 1. The Balaban J connectivity index is 2.61. The highest BCUT2D eigenvalue weighted by molar-refractivity contribution is 5.91. The first kappa shape index (κ1) is 13.1. The van der Waals surface area contributed by atoms with Crippen molar-refractivity contribution in [2.45, 2.75) is 6.18 Å². The zero-order chi connectivity index (χ0) is 14.0. The molecule has 4 nitrogen and oxygen atoms in total. The molecule has 1 aromatic carbocycles. The van der Waals surface area contributed by atoms with E-state index in [2.05, 4.69) is 14.9 Å². The summed E-state index contributed by atoms with van der Waals surface area (Å²) in [6, 6.07) is 4.45. The van der Waals surface area contributed by atoms with Crippen LogP contribution in [-0.4, -0.2) is 23.3 Å². The number of esters is 1. The number of aromatic amines is 1. The summed E-state index contributed by atoms with van der Waals surface area (Å²) in [7, 11) is 1.16. The van der Waals surface area contributed by atoms with E-state index in [1.165, 1.54) is 12.3 Å². The Morgan fingerprint density at radius 2 is 2.05 bits per heavy atom. The number of methoxy groups -OCH3 is 1. The van der Waals surface area contributed by atoms with Gasteiger partial charge in [-0.3, -0.25) is 5.10 Å². The predicted molar refractivity (Wildman–Crippen MR) is 60.4 cm³/mol. The minimum atomic E-state index is -4.52. The van der Waals surface area contributed by atoms with E-state index in [4.69, 9.17) is 0 Å². The molecular formula is C12H9F3N2O2. The number of alkyl halides is 3. The largest absolute Gasteiger partial charge is 0.465 e. The minimum absolute atomic E-state index is 0.0418. The number of halogens is 3. The van der Waals surface area contributed by atoms with E-state index < -0.39 is 17.7 Å². The van der Waals surface area contributed by atoms with Gasteiger partial charge < -0.3 is 4.74 Å². The van der Waals surface area contributed by atoms with Crippen LogP contribution in [0, 0.1) is 0 Å². The number of hydrogen-bond donors (Lipinski definition) is 1. The third-order valence-corrected chi connectivity index (χ3v) is 2.54. The number of H-pyrrole nitrogens is 1. The molecule has 0 unspecified atom stereocenters. The molecule has 0 aliphatic rings. The first-order chi connectivity index (χ1) is 8.93. The quantitative estimate of drug-likeness (QED) is 0.854. The fourth-order valence-corrected chi connectivity index (χ4v) is 1.66. The fourth-order valence-electron chi connectivity index (χ4n) is 1.66. The average Bonchev–Trinajstić information content (AvgIpc) is 2.89. The van der Waals surface area contributed by atoms with Crippen molar-refractivity contribution in [3.05, 3.63) is 41.6 Å². The van der Waals surface area contributed by atoms with Gasteiger partial charge in [0.2, 0.25) is 0 Å². The van der Waals surface area contributed by atoms with Crippen LogP contribution in [0.2, 0.25) is 0 Å². The summed E-state index contributed by atoms with van der Waals surface area (Å²) in [6.07, 6.45) is -3.19. The van der Waals surface area contributed by atoms with Crippen molar-refractivity contribution in [3.63, 3.8) is 0 Å². The zero-order valence-corrected chi connectivity index (χ0v) is 9.78. The number of benzene rings is 1. The molecule has 0 saturated heterocycles. The normalized spacial score (nSPS) is 11.4. The van der Waals surface area contributed by atoms with Gasteiger partial charge in [-0.05, 0) is 24.3 Å². The molecule has 0 fully saturated rings. The van der Waals surface area contributed by atoms with E-state index in [0.29, 0.717) is 0 Å². The van der Waals surface area contributed by atoms with Crippen molar-refractivity contribution >= 4 is 5.97 Å². The second kappa shape index (κ2) is 4.75. The SMILES string of the molecule is COC(=O)c1ccc(C(F)(F)F)c(-c2ccn[nH]2)c1. The Kier molecular flexibility index (Phi) is 3.28. The summed E-state index contributed by atoms with van der Waals surface area (Å²) in [6.45, 7) is 0. The molecule has 19 heavy (non-hydrogen) atoms. The van der Waals surface area contributed by atoms with E-state index in [1.807, 2.05) is 0 Å². The fraction of sp³-hybridized carbons (Fsp3) is 0.167. The molecule has 0 aliphatic heterocycles. The number of nitrogens with zero attached hydrogens (tertiary/aromatic N) is 1. The lowest BCUT2D eigenvalue weighted by atomic mass is 10.0. The topological polar surface area (TPSA) is 55.0 Å². The third-order valence-electron chi connectivity index (χ3n) is 2.54. The number of hydrogen-bond acceptors (Lipinski definition) is 3. The van der Waals surface area contributed by atoms with Crippen LogP contribution in [0.4, 0.5) is 13.2 Å². The van der Waals surface area contributed by atoms with Crippen LogP contribution in [-0.2, 0) is 10.9 Å². The smallest absolute Gasteiger partial charge is 0.417 e. The van der Waals surface area contributed by atoms with Crippen molar-refractivity contribution in [1.82, 2.24) is 10.2 Å². The van der Waals surface area contributed by atoms with Gasteiger partial charge in [-0.1, -0.05) is 0 Å². The van der Waals surface area contributed by atoms with Crippen molar-refractivity contribution in [2.75, 3.05) is 7.11 Å². The number of aromatic nitrogens is 2. The number of ether oxygens (including phenoxy) is 1. The van der Waals surface area contributed by atoms with Crippen LogP contribution in [0.5, 0.6) is 0 Å².